The average Bonchev–Trinajstić information content (AvgIpc) is 3.07. The van der Waals surface area contributed by atoms with Crippen LogP contribution in [0.25, 0.3) is 16.3 Å². The standard InChI is InChI=1S/C20H20N2O3S/c1-3-12-25-16-10-8-14(13-17(16)24-2)9-11-19(23)22-20-21-15-6-4-5-7-18(15)26-20/h4-11,13H,3,12H2,1-2H3,(H,21,22,23)/b11-9+. The third-order valence-electron chi connectivity index (χ3n) is 3.60. The number of benzene rings is 2. The van der Waals surface area contributed by atoms with Crippen molar-refractivity contribution in [2.24, 2.45) is 0 Å². The third kappa shape index (κ3) is 4.40. The van der Waals surface area contributed by atoms with E-state index in [1.54, 1.807) is 13.2 Å². The van der Waals surface area contributed by atoms with Crippen molar-refractivity contribution in [1.82, 2.24) is 4.98 Å². The summed E-state index contributed by atoms with van der Waals surface area (Å²) in [6.45, 7) is 2.68. The fourth-order valence-corrected chi connectivity index (χ4v) is 3.23. The number of rotatable bonds is 7. The van der Waals surface area contributed by atoms with Crippen molar-refractivity contribution in [3.05, 3.63) is 54.1 Å². The van der Waals surface area contributed by atoms with Crippen molar-refractivity contribution < 1.29 is 14.3 Å². The highest BCUT2D eigenvalue weighted by Crippen LogP contribution is 2.29. The number of fused-ring (bicyclic) bond motifs is 1. The highest BCUT2D eigenvalue weighted by atomic mass is 32.1. The third-order valence-corrected chi connectivity index (χ3v) is 4.55. The summed E-state index contributed by atoms with van der Waals surface area (Å²) in [5, 5.41) is 3.38. The summed E-state index contributed by atoms with van der Waals surface area (Å²) in [5.41, 5.74) is 1.73. The molecule has 0 aliphatic rings. The quantitative estimate of drug-likeness (QED) is 0.612. The molecule has 0 fully saturated rings. The number of anilines is 1. The molecule has 0 aliphatic heterocycles. The Bertz CT molecular complexity index is 901. The van der Waals surface area contributed by atoms with Gasteiger partial charge in [-0.1, -0.05) is 36.5 Å². The predicted molar refractivity (Wildman–Crippen MR) is 106 cm³/mol. The second-order valence-electron chi connectivity index (χ2n) is 5.57. The molecule has 5 nitrogen and oxygen atoms in total. The zero-order chi connectivity index (χ0) is 18.4. The molecule has 0 radical (unpaired) electrons. The van der Waals surface area contributed by atoms with E-state index in [-0.39, 0.29) is 5.91 Å². The Kier molecular flexibility index (Phi) is 5.86. The molecule has 0 unspecified atom stereocenters. The normalized spacial score (nSPS) is 11.0. The van der Waals surface area contributed by atoms with Crippen LogP contribution in [0.15, 0.2) is 48.5 Å². The van der Waals surface area contributed by atoms with Gasteiger partial charge in [0.1, 0.15) is 0 Å². The lowest BCUT2D eigenvalue weighted by Gasteiger charge is -2.10. The molecule has 1 amide bonds. The molecule has 1 aromatic heterocycles. The van der Waals surface area contributed by atoms with Gasteiger partial charge in [-0.2, -0.15) is 0 Å². The monoisotopic (exact) mass is 368 g/mol. The first kappa shape index (κ1) is 17.9. The summed E-state index contributed by atoms with van der Waals surface area (Å²) >= 11 is 1.45. The minimum absolute atomic E-state index is 0.227. The number of methoxy groups -OCH3 is 1. The first-order chi connectivity index (χ1) is 12.7. The Hall–Kier alpha value is -2.86. The van der Waals surface area contributed by atoms with Crippen LogP contribution in [0, 0.1) is 0 Å². The Balaban J connectivity index is 1.67. The molecular formula is C20H20N2O3S. The Morgan fingerprint density at radius 3 is 2.85 bits per heavy atom. The molecular weight excluding hydrogens is 348 g/mol. The van der Waals surface area contributed by atoms with Crippen LogP contribution in [0.2, 0.25) is 0 Å². The van der Waals surface area contributed by atoms with Crippen molar-refractivity contribution in [1.29, 1.82) is 0 Å². The second kappa shape index (κ2) is 8.49. The van der Waals surface area contributed by atoms with Gasteiger partial charge in [0.25, 0.3) is 0 Å². The van der Waals surface area contributed by atoms with Crippen LogP contribution in [0.5, 0.6) is 11.5 Å². The lowest BCUT2D eigenvalue weighted by molar-refractivity contribution is -0.111. The Labute approximate surface area is 156 Å². The number of thiazole rings is 1. The smallest absolute Gasteiger partial charge is 0.250 e. The number of para-hydroxylation sites is 1. The maximum atomic E-state index is 12.1. The van der Waals surface area contributed by atoms with Crippen molar-refractivity contribution >= 4 is 38.7 Å². The van der Waals surface area contributed by atoms with E-state index in [0.29, 0.717) is 23.2 Å². The van der Waals surface area contributed by atoms with Gasteiger partial charge in [-0.3, -0.25) is 10.1 Å². The van der Waals surface area contributed by atoms with Crippen molar-refractivity contribution in [2.75, 3.05) is 19.0 Å². The molecule has 2 aromatic carbocycles. The van der Waals surface area contributed by atoms with Gasteiger partial charge < -0.3 is 9.47 Å². The summed E-state index contributed by atoms with van der Waals surface area (Å²) in [6.07, 6.45) is 4.14. The van der Waals surface area contributed by atoms with E-state index < -0.39 is 0 Å². The number of hydrogen-bond acceptors (Lipinski definition) is 5. The minimum Gasteiger partial charge on any atom is -0.493 e. The summed E-state index contributed by atoms with van der Waals surface area (Å²) in [7, 11) is 1.60. The van der Waals surface area contributed by atoms with Gasteiger partial charge in [-0.15, -0.1) is 0 Å². The van der Waals surface area contributed by atoms with Crippen LogP contribution in [-0.2, 0) is 4.79 Å². The van der Waals surface area contributed by atoms with E-state index in [4.69, 9.17) is 9.47 Å². The van der Waals surface area contributed by atoms with Crippen molar-refractivity contribution in [3.63, 3.8) is 0 Å². The molecule has 0 saturated carbocycles. The highest BCUT2D eigenvalue weighted by molar-refractivity contribution is 7.22. The summed E-state index contributed by atoms with van der Waals surface area (Å²) in [6, 6.07) is 13.3. The van der Waals surface area contributed by atoms with Gasteiger partial charge in [0.2, 0.25) is 5.91 Å². The van der Waals surface area contributed by atoms with Crippen LogP contribution in [0.4, 0.5) is 5.13 Å². The number of nitrogens with zero attached hydrogens (tertiary/aromatic N) is 1. The van der Waals surface area contributed by atoms with Crippen LogP contribution >= 0.6 is 11.3 Å². The second-order valence-corrected chi connectivity index (χ2v) is 6.60. The van der Waals surface area contributed by atoms with Crippen LogP contribution < -0.4 is 14.8 Å². The number of hydrogen-bond donors (Lipinski definition) is 1. The number of nitrogens with one attached hydrogen (secondary N) is 1. The van der Waals surface area contributed by atoms with E-state index >= 15 is 0 Å². The maximum Gasteiger partial charge on any atom is 0.250 e. The molecule has 0 bridgehead atoms. The van der Waals surface area contributed by atoms with Gasteiger partial charge in [-0.05, 0) is 42.3 Å². The van der Waals surface area contributed by atoms with E-state index in [2.05, 4.69) is 10.3 Å². The first-order valence-electron chi connectivity index (χ1n) is 8.35. The van der Waals surface area contributed by atoms with Gasteiger partial charge in [0.05, 0.1) is 23.9 Å². The lowest BCUT2D eigenvalue weighted by Crippen LogP contribution is -2.07. The van der Waals surface area contributed by atoms with Gasteiger partial charge in [-0.25, -0.2) is 4.98 Å². The van der Waals surface area contributed by atoms with Gasteiger partial charge in [0, 0.05) is 6.08 Å². The largest absolute Gasteiger partial charge is 0.493 e. The zero-order valence-corrected chi connectivity index (χ0v) is 15.5. The van der Waals surface area contributed by atoms with E-state index in [1.807, 2.05) is 49.4 Å². The van der Waals surface area contributed by atoms with Gasteiger partial charge in [0.15, 0.2) is 16.6 Å². The minimum atomic E-state index is -0.227. The van der Waals surface area contributed by atoms with Crippen LogP contribution in [-0.4, -0.2) is 24.6 Å². The van der Waals surface area contributed by atoms with Crippen molar-refractivity contribution in [3.8, 4) is 11.5 Å². The van der Waals surface area contributed by atoms with E-state index in [0.717, 1.165) is 22.2 Å². The topological polar surface area (TPSA) is 60.5 Å². The Morgan fingerprint density at radius 1 is 1.23 bits per heavy atom. The average molecular weight is 368 g/mol. The molecule has 0 aliphatic carbocycles. The summed E-state index contributed by atoms with van der Waals surface area (Å²) in [4.78, 5) is 16.5. The van der Waals surface area contributed by atoms with E-state index in [9.17, 15) is 4.79 Å². The number of ether oxygens (including phenoxy) is 2. The number of amides is 1. The number of aromatic nitrogens is 1. The van der Waals surface area contributed by atoms with Gasteiger partial charge >= 0.3 is 0 Å². The predicted octanol–water partition coefficient (Wildman–Crippen LogP) is 4.75. The van der Waals surface area contributed by atoms with Crippen LogP contribution in [0.1, 0.15) is 18.9 Å². The zero-order valence-electron chi connectivity index (χ0n) is 14.7. The fraction of sp³-hybridized carbons (Fsp3) is 0.200. The molecule has 6 heteroatoms. The number of carbonyl (C=O) groups excluding carboxylic acids is 1. The molecule has 3 aromatic rings. The molecule has 134 valence electrons. The molecule has 26 heavy (non-hydrogen) atoms. The molecule has 0 saturated heterocycles. The summed E-state index contributed by atoms with van der Waals surface area (Å²) < 4.78 is 12.0. The molecule has 1 heterocycles. The SMILES string of the molecule is CCCOc1ccc(/C=C/C(=O)Nc2nc3ccccc3s2)cc1OC. The van der Waals surface area contributed by atoms with E-state index in [1.165, 1.54) is 17.4 Å². The molecule has 0 spiro atoms. The first-order valence-corrected chi connectivity index (χ1v) is 9.16. The van der Waals surface area contributed by atoms with Crippen molar-refractivity contribution in [2.45, 2.75) is 13.3 Å². The summed E-state index contributed by atoms with van der Waals surface area (Å²) in [5.74, 6) is 1.12. The molecule has 3 rings (SSSR count). The maximum absolute atomic E-state index is 12.1. The molecule has 1 N–H and O–H groups in total. The van der Waals surface area contributed by atoms with Crippen LogP contribution in [0.3, 0.4) is 0 Å². The number of carbonyl (C=O) groups is 1. The lowest BCUT2D eigenvalue weighted by atomic mass is 10.2. The molecule has 0 atom stereocenters. The fourth-order valence-electron chi connectivity index (χ4n) is 2.36. The Morgan fingerprint density at radius 2 is 2.08 bits per heavy atom. The highest BCUT2D eigenvalue weighted by Gasteiger charge is 2.07.